The van der Waals surface area contributed by atoms with E-state index in [2.05, 4.69) is 15.6 Å². The number of amides is 1. The Morgan fingerprint density at radius 1 is 1.41 bits per heavy atom. The third-order valence-electron chi connectivity index (χ3n) is 3.58. The summed E-state index contributed by atoms with van der Waals surface area (Å²) in [6.45, 7) is 1.49. The maximum absolute atomic E-state index is 13.7. The van der Waals surface area contributed by atoms with Crippen molar-refractivity contribution in [2.75, 3.05) is 13.1 Å². The summed E-state index contributed by atoms with van der Waals surface area (Å²) in [7, 11) is 0. The molecule has 1 aromatic carbocycles. The number of carbonyl (C=O) groups is 1. The van der Waals surface area contributed by atoms with E-state index in [1.54, 1.807) is 0 Å². The van der Waals surface area contributed by atoms with Gasteiger partial charge in [0.2, 0.25) is 0 Å². The van der Waals surface area contributed by atoms with E-state index in [-0.39, 0.29) is 28.2 Å². The van der Waals surface area contributed by atoms with Crippen molar-refractivity contribution in [2.24, 2.45) is 0 Å². The Balaban J connectivity index is 1.71. The number of rotatable bonds is 4. The molecule has 1 unspecified atom stereocenters. The lowest BCUT2D eigenvalue weighted by Gasteiger charge is -2.10. The zero-order valence-corrected chi connectivity index (χ0v) is 12.6. The number of benzene rings is 1. The van der Waals surface area contributed by atoms with Gasteiger partial charge in [0.15, 0.2) is 0 Å². The van der Waals surface area contributed by atoms with Crippen LogP contribution in [-0.2, 0) is 0 Å². The first kappa shape index (κ1) is 15.1. The molecule has 0 bridgehead atoms. The molecule has 22 heavy (non-hydrogen) atoms. The van der Waals surface area contributed by atoms with E-state index in [0.29, 0.717) is 6.54 Å². The largest absolute Gasteiger partial charge is 0.349 e. The highest BCUT2D eigenvalue weighted by Crippen LogP contribution is 2.28. The summed E-state index contributed by atoms with van der Waals surface area (Å²) in [5, 5.41) is 7.75. The lowest BCUT2D eigenvalue weighted by atomic mass is 10.2. The number of thiazole rings is 1. The van der Waals surface area contributed by atoms with Crippen LogP contribution in [0.4, 0.5) is 8.78 Å². The second-order valence-corrected chi connectivity index (χ2v) is 6.00. The molecular formula is C15H15F2N3OS. The summed E-state index contributed by atoms with van der Waals surface area (Å²) >= 11 is 1.05. The van der Waals surface area contributed by atoms with Crippen molar-refractivity contribution in [1.29, 1.82) is 0 Å². The fraction of sp³-hybridized carbons (Fsp3) is 0.333. The molecule has 1 aromatic heterocycles. The highest BCUT2D eigenvalue weighted by molar-refractivity contribution is 7.13. The minimum absolute atomic E-state index is 0.166. The summed E-state index contributed by atoms with van der Waals surface area (Å²) < 4.78 is 27.4. The number of nitrogens with one attached hydrogen (secondary N) is 2. The maximum Gasteiger partial charge on any atom is 0.270 e. The molecule has 0 saturated carbocycles. The van der Waals surface area contributed by atoms with Crippen molar-refractivity contribution < 1.29 is 13.6 Å². The molecule has 116 valence electrons. The monoisotopic (exact) mass is 323 g/mol. The molecule has 2 N–H and O–H groups in total. The second kappa shape index (κ2) is 6.50. The minimum atomic E-state index is -0.684. The van der Waals surface area contributed by atoms with Gasteiger partial charge in [0.25, 0.3) is 5.91 Å². The fourth-order valence-corrected chi connectivity index (χ4v) is 3.28. The number of nitrogens with zero attached hydrogens (tertiary/aromatic N) is 1. The first-order valence-electron chi connectivity index (χ1n) is 7.06. The topological polar surface area (TPSA) is 54.0 Å². The van der Waals surface area contributed by atoms with E-state index in [9.17, 15) is 13.6 Å². The predicted octanol–water partition coefficient (Wildman–Crippen LogP) is 2.57. The van der Waals surface area contributed by atoms with Crippen LogP contribution in [0.3, 0.4) is 0 Å². The zero-order chi connectivity index (χ0) is 15.5. The predicted molar refractivity (Wildman–Crippen MR) is 80.8 cm³/mol. The Kier molecular flexibility index (Phi) is 4.44. The van der Waals surface area contributed by atoms with E-state index in [0.717, 1.165) is 30.7 Å². The summed E-state index contributed by atoms with van der Waals surface area (Å²) in [6, 6.07) is 3.92. The molecule has 1 fully saturated rings. The van der Waals surface area contributed by atoms with Crippen LogP contribution in [0.5, 0.6) is 0 Å². The Bertz CT molecular complexity index is 663. The van der Waals surface area contributed by atoms with Gasteiger partial charge in [0.1, 0.15) is 22.3 Å². The van der Waals surface area contributed by atoms with Crippen LogP contribution in [0.25, 0.3) is 10.6 Å². The average Bonchev–Trinajstić information content (AvgIpc) is 3.16. The van der Waals surface area contributed by atoms with Crippen LogP contribution in [0.2, 0.25) is 0 Å². The molecule has 1 saturated heterocycles. The number of halogens is 2. The molecular weight excluding hydrogens is 308 g/mol. The normalized spacial score (nSPS) is 17.6. The fourth-order valence-electron chi connectivity index (χ4n) is 2.43. The number of hydrogen-bond donors (Lipinski definition) is 2. The second-order valence-electron chi connectivity index (χ2n) is 5.14. The van der Waals surface area contributed by atoms with Crippen LogP contribution in [-0.4, -0.2) is 30.0 Å². The molecule has 1 atom stereocenters. The number of aromatic nitrogens is 1. The van der Waals surface area contributed by atoms with Gasteiger partial charge in [0, 0.05) is 18.0 Å². The van der Waals surface area contributed by atoms with Gasteiger partial charge in [-0.15, -0.1) is 11.3 Å². The summed E-state index contributed by atoms with van der Waals surface area (Å²) in [5.74, 6) is -1.69. The van der Waals surface area contributed by atoms with E-state index >= 15 is 0 Å². The van der Waals surface area contributed by atoms with Crippen molar-refractivity contribution in [2.45, 2.75) is 18.9 Å². The molecule has 3 rings (SSSR count). The minimum Gasteiger partial charge on any atom is -0.349 e. The van der Waals surface area contributed by atoms with Crippen LogP contribution in [0.15, 0.2) is 23.6 Å². The summed E-state index contributed by atoms with van der Waals surface area (Å²) in [4.78, 5) is 16.1. The third kappa shape index (κ3) is 3.15. The average molecular weight is 323 g/mol. The quantitative estimate of drug-likeness (QED) is 0.909. The molecule has 0 spiro atoms. The highest BCUT2D eigenvalue weighted by Gasteiger charge is 2.19. The van der Waals surface area contributed by atoms with E-state index in [4.69, 9.17) is 0 Å². The SMILES string of the molecule is O=C(NCC1CCCN1)c1csc(-c2c(F)cccc2F)n1. The maximum atomic E-state index is 13.7. The molecule has 7 heteroatoms. The first-order valence-corrected chi connectivity index (χ1v) is 7.94. The van der Waals surface area contributed by atoms with E-state index in [1.807, 2.05) is 0 Å². The third-order valence-corrected chi connectivity index (χ3v) is 4.44. The van der Waals surface area contributed by atoms with Gasteiger partial charge >= 0.3 is 0 Å². The van der Waals surface area contributed by atoms with Crippen LogP contribution >= 0.6 is 11.3 Å². The van der Waals surface area contributed by atoms with Gasteiger partial charge in [0.05, 0.1) is 5.56 Å². The van der Waals surface area contributed by atoms with Gasteiger partial charge in [-0.1, -0.05) is 6.07 Å². The van der Waals surface area contributed by atoms with Crippen LogP contribution in [0, 0.1) is 11.6 Å². The standard InChI is InChI=1S/C15H15F2N3OS/c16-10-4-1-5-11(17)13(10)15-20-12(8-22-15)14(21)19-7-9-3-2-6-18-9/h1,4-5,8-9,18H,2-3,6-7H2,(H,19,21). The Labute approximate surface area is 130 Å². The van der Waals surface area contributed by atoms with Crippen molar-refractivity contribution in [3.05, 3.63) is 40.9 Å². The van der Waals surface area contributed by atoms with E-state index in [1.165, 1.54) is 23.6 Å². The van der Waals surface area contributed by atoms with Crippen LogP contribution in [0.1, 0.15) is 23.3 Å². The van der Waals surface area contributed by atoms with Gasteiger partial charge in [-0.05, 0) is 31.5 Å². The molecule has 1 amide bonds. The Morgan fingerprint density at radius 3 is 2.86 bits per heavy atom. The van der Waals surface area contributed by atoms with Gasteiger partial charge in [-0.2, -0.15) is 0 Å². The van der Waals surface area contributed by atoms with Crippen molar-refractivity contribution in [3.63, 3.8) is 0 Å². The summed E-state index contributed by atoms with van der Waals surface area (Å²) in [5.41, 5.74) is -0.00957. The van der Waals surface area contributed by atoms with Crippen LogP contribution < -0.4 is 10.6 Å². The molecule has 2 heterocycles. The van der Waals surface area contributed by atoms with Gasteiger partial charge in [-0.25, -0.2) is 13.8 Å². The van der Waals surface area contributed by atoms with Crippen molar-refractivity contribution in [1.82, 2.24) is 15.6 Å². The van der Waals surface area contributed by atoms with E-state index < -0.39 is 11.6 Å². The molecule has 0 aliphatic carbocycles. The Morgan fingerprint density at radius 2 is 2.18 bits per heavy atom. The molecule has 1 aliphatic rings. The highest BCUT2D eigenvalue weighted by atomic mass is 32.1. The smallest absolute Gasteiger partial charge is 0.270 e. The van der Waals surface area contributed by atoms with Crippen molar-refractivity contribution >= 4 is 17.2 Å². The zero-order valence-electron chi connectivity index (χ0n) is 11.7. The Hall–Kier alpha value is -1.86. The van der Waals surface area contributed by atoms with Gasteiger partial charge < -0.3 is 10.6 Å². The molecule has 1 aliphatic heterocycles. The molecule has 2 aromatic rings. The number of hydrogen-bond acceptors (Lipinski definition) is 4. The van der Waals surface area contributed by atoms with Crippen molar-refractivity contribution in [3.8, 4) is 10.6 Å². The first-order chi connectivity index (χ1) is 10.6. The number of carbonyl (C=O) groups excluding carboxylic acids is 1. The lowest BCUT2D eigenvalue weighted by Crippen LogP contribution is -2.37. The molecule has 0 radical (unpaired) electrons. The van der Waals surface area contributed by atoms with Gasteiger partial charge in [-0.3, -0.25) is 4.79 Å². The summed E-state index contributed by atoms with van der Waals surface area (Å²) in [6.07, 6.45) is 2.14. The molecule has 4 nitrogen and oxygen atoms in total. The lowest BCUT2D eigenvalue weighted by molar-refractivity contribution is 0.0946.